The fourth-order valence-corrected chi connectivity index (χ4v) is 8.44. The maximum atomic E-state index is 13.1. The Labute approximate surface area is 270 Å². The van der Waals surface area contributed by atoms with Crippen LogP contribution in [0.4, 0.5) is 5.69 Å². The molecule has 2 rings (SSSR count). The molecule has 0 radical (unpaired) electrons. The summed E-state index contributed by atoms with van der Waals surface area (Å²) in [4.78, 5) is 11.6. The number of benzene rings is 2. The normalized spacial score (nSPS) is 14.1. The van der Waals surface area contributed by atoms with Crippen molar-refractivity contribution in [2.24, 2.45) is 0 Å². The molecule has 0 aromatic heterocycles. The van der Waals surface area contributed by atoms with E-state index in [2.05, 4.69) is 17.0 Å². The number of hydrogen-bond acceptors (Lipinski definition) is 8. The molecule has 14 heteroatoms. The zero-order valence-corrected chi connectivity index (χ0v) is 28.4. The molecule has 2 unspecified atom stereocenters. The first kappa shape index (κ1) is 38.2. The van der Waals surface area contributed by atoms with Crippen LogP contribution in [-0.4, -0.2) is 48.1 Å². The fraction of sp³-hybridized carbons (Fsp3) is 0.516. The molecule has 0 heterocycles. The van der Waals surface area contributed by atoms with Gasteiger partial charge in [-0.05, 0) is 44.0 Å². The van der Waals surface area contributed by atoms with Crippen LogP contribution in [0.1, 0.15) is 90.9 Å². The van der Waals surface area contributed by atoms with E-state index in [0.717, 1.165) is 32.6 Å². The molecular weight excluding hydrogens is 639 g/mol. The lowest BCUT2D eigenvalue weighted by atomic mass is 10.1. The molecule has 0 aliphatic rings. The Morgan fingerprint density at radius 1 is 0.911 bits per heavy atom. The van der Waals surface area contributed by atoms with Crippen molar-refractivity contribution < 1.29 is 35.5 Å². The van der Waals surface area contributed by atoms with Crippen molar-refractivity contribution in [3.8, 4) is 11.8 Å². The van der Waals surface area contributed by atoms with Crippen LogP contribution in [0.2, 0.25) is 0 Å². The van der Waals surface area contributed by atoms with E-state index in [4.69, 9.17) is 9.29 Å². The minimum Gasteiger partial charge on any atom is -0.481 e. The van der Waals surface area contributed by atoms with Gasteiger partial charge in [0.15, 0.2) is 10.5 Å². The van der Waals surface area contributed by atoms with Crippen LogP contribution in [0.3, 0.4) is 0 Å². The Balaban J connectivity index is 2.30. The number of rotatable bonds is 20. The summed E-state index contributed by atoms with van der Waals surface area (Å²) in [6, 6.07) is 15.9. The second-order valence-corrected chi connectivity index (χ2v) is 16.2. The van der Waals surface area contributed by atoms with Crippen molar-refractivity contribution in [2.45, 2.75) is 101 Å². The third-order valence-corrected chi connectivity index (χ3v) is 12.3. The molecule has 0 saturated heterocycles. The van der Waals surface area contributed by atoms with E-state index in [9.17, 15) is 31.4 Å². The SMILES string of the molecule is CCCCCCCCCCCCNS(=C(Nc1ccccc1OS(=O)(=O)C(C)(C#N)CCC(=O)O)S(=O)(=O)O)c1ccccc1. The number of unbranched alkanes of at least 4 members (excludes halogenated alkanes) is 9. The smallest absolute Gasteiger partial charge is 0.328 e. The Bertz CT molecular complexity index is 1520. The zero-order chi connectivity index (χ0) is 33.3. The quantitative estimate of drug-likeness (QED) is 0.0505. The van der Waals surface area contributed by atoms with Gasteiger partial charge < -0.3 is 14.6 Å². The van der Waals surface area contributed by atoms with E-state index in [1.54, 1.807) is 36.4 Å². The number of carbonyl (C=O) groups is 1. The van der Waals surface area contributed by atoms with Crippen molar-refractivity contribution in [3.63, 3.8) is 0 Å². The molecular formula is C31H45N3O8S3. The predicted molar refractivity (Wildman–Crippen MR) is 179 cm³/mol. The van der Waals surface area contributed by atoms with Gasteiger partial charge in [-0.3, -0.25) is 14.1 Å². The number of carboxylic acids is 1. The molecule has 4 N–H and O–H groups in total. The van der Waals surface area contributed by atoms with Gasteiger partial charge in [0.2, 0.25) is 4.32 Å². The van der Waals surface area contributed by atoms with Crippen LogP contribution in [0.5, 0.6) is 5.75 Å². The average Bonchev–Trinajstić information content (AvgIpc) is 3.00. The van der Waals surface area contributed by atoms with Crippen LogP contribution in [0, 0.1) is 11.3 Å². The standard InChI is InChI=1S/C31H45N3O8S3/c1-3-4-5-6-7-8-9-10-11-17-24-33-43(26-18-13-12-14-19-26)30(44(37,38)39)34-27-20-15-16-21-28(27)42-45(40,41)31(2,25-32)23-22-29(35)36/h12-16,18-21,33-34H,3-11,17,22-24H2,1-2H3,(H,35,36)(H,37,38,39). The van der Waals surface area contributed by atoms with Crippen LogP contribution >= 0.6 is 10.7 Å². The molecule has 0 aliphatic heterocycles. The number of aliphatic carboxylic acids is 1. The summed E-state index contributed by atoms with van der Waals surface area (Å²) in [5.74, 6) is -1.61. The number of nitrogens with one attached hydrogen (secondary N) is 2. The van der Waals surface area contributed by atoms with Gasteiger partial charge in [0.25, 0.3) is 0 Å². The zero-order valence-electron chi connectivity index (χ0n) is 25.9. The fourth-order valence-electron chi connectivity index (χ4n) is 4.36. The molecule has 2 aromatic carbocycles. The summed E-state index contributed by atoms with van der Waals surface area (Å²) in [6.07, 6.45) is 10.3. The second-order valence-electron chi connectivity index (χ2n) is 10.9. The van der Waals surface area contributed by atoms with Gasteiger partial charge in [-0.1, -0.05) is 106 Å². The van der Waals surface area contributed by atoms with E-state index in [1.165, 1.54) is 62.8 Å². The van der Waals surface area contributed by atoms with Crippen LogP contribution in [0.25, 0.3) is 0 Å². The summed E-state index contributed by atoms with van der Waals surface area (Å²) < 4.78 is 68.0. The lowest BCUT2D eigenvalue weighted by Gasteiger charge is -2.23. The molecule has 0 aliphatic carbocycles. The highest BCUT2D eigenvalue weighted by Gasteiger charge is 2.42. The highest BCUT2D eigenvalue weighted by atomic mass is 32.3. The number of hydrogen-bond donors (Lipinski definition) is 4. The molecule has 2 aromatic rings. The lowest BCUT2D eigenvalue weighted by molar-refractivity contribution is -0.137. The predicted octanol–water partition coefficient (Wildman–Crippen LogP) is 6.68. The summed E-state index contributed by atoms with van der Waals surface area (Å²) >= 11 is 0. The molecule has 250 valence electrons. The molecule has 0 bridgehead atoms. The topological polar surface area (TPSA) is 183 Å². The van der Waals surface area contributed by atoms with Gasteiger partial charge in [-0.25, -0.2) is 0 Å². The van der Waals surface area contributed by atoms with Crippen LogP contribution < -0.4 is 14.2 Å². The summed E-state index contributed by atoms with van der Waals surface area (Å²) in [7, 11) is -10.9. The Kier molecular flexibility index (Phi) is 16.0. The summed E-state index contributed by atoms with van der Waals surface area (Å²) in [5, 5.41) is 21.3. The highest BCUT2D eigenvalue weighted by Crippen LogP contribution is 2.33. The first-order valence-electron chi connectivity index (χ1n) is 15.1. The van der Waals surface area contributed by atoms with Gasteiger partial charge in [-0.15, -0.1) is 0 Å². The molecule has 0 saturated carbocycles. The molecule has 11 nitrogen and oxygen atoms in total. The van der Waals surface area contributed by atoms with Crippen LogP contribution in [-0.2, 0) is 25.0 Å². The minimum absolute atomic E-state index is 0.0959. The minimum atomic E-state index is -4.85. The summed E-state index contributed by atoms with van der Waals surface area (Å²) in [6.45, 7) is 3.72. The van der Waals surface area contributed by atoms with Crippen molar-refractivity contribution in [1.29, 1.82) is 5.26 Å². The Morgan fingerprint density at radius 2 is 1.47 bits per heavy atom. The maximum Gasteiger partial charge on any atom is 0.328 e. The van der Waals surface area contributed by atoms with Crippen molar-refractivity contribution in [3.05, 3.63) is 54.6 Å². The van der Waals surface area contributed by atoms with Gasteiger partial charge >= 0.3 is 26.2 Å². The van der Waals surface area contributed by atoms with Gasteiger partial charge in [0.1, 0.15) is 0 Å². The third kappa shape index (κ3) is 12.8. The molecule has 0 fully saturated rings. The van der Waals surface area contributed by atoms with Crippen molar-refractivity contribution >= 4 is 46.9 Å². The van der Waals surface area contributed by atoms with E-state index < -0.39 is 58.8 Å². The van der Waals surface area contributed by atoms with Crippen LogP contribution in [0.15, 0.2) is 59.5 Å². The van der Waals surface area contributed by atoms with Gasteiger partial charge in [0, 0.05) is 17.9 Å². The molecule has 45 heavy (non-hydrogen) atoms. The monoisotopic (exact) mass is 683 g/mol. The largest absolute Gasteiger partial charge is 0.481 e. The number of nitrogens with zero attached hydrogens (tertiary/aromatic N) is 1. The number of para-hydroxylation sites is 2. The number of carboxylic acid groups (broad SMARTS) is 1. The second kappa shape index (κ2) is 18.9. The lowest BCUT2D eigenvalue weighted by Crippen LogP contribution is -2.38. The van der Waals surface area contributed by atoms with E-state index >= 15 is 0 Å². The molecule has 0 amide bonds. The van der Waals surface area contributed by atoms with E-state index in [-0.39, 0.29) is 11.4 Å². The summed E-state index contributed by atoms with van der Waals surface area (Å²) in [5.41, 5.74) is -0.0959. The van der Waals surface area contributed by atoms with Gasteiger partial charge in [-0.2, -0.15) is 22.1 Å². The first-order valence-corrected chi connectivity index (χ1v) is 19.2. The first-order chi connectivity index (χ1) is 21.3. The highest BCUT2D eigenvalue weighted by molar-refractivity contribution is 8.28. The van der Waals surface area contributed by atoms with E-state index in [1.807, 2.05) is 0 Å². The Morgan fingerprint density at radius 3 is 2.02 bits per heavy atom. The van der Waals surface area contributed by atoms with E-state index in [0.29, 0.717) is 11.4 Å². The van der Waals surface area contributed by atoms with Crippen molar-refractivity contribution in [2.75, 3.05) is 11.9 Å². The number of nitriles is 1. The third-order valence-electron chi connectivity index (χ3n) is 7.10. The average molecular weight is 684 g/mol. The van der Waals surface area contributed by atoms with Crippen molar-refractivity contribution in [1.82, 2.24) is 4.72 Å². The van der Waals surface area contributed by atoms with Gasteiger partial charge in [0.05, 0.1) is 11.8 Å². The molecule has 0 spiro atoms. The maximum absolute atomic E-state index is 13.1. The molecule has 2 atom stereocenters. The number of anilines is 1. The Hall–Kier alpha value is -2.96.